The summed E-state index contributed by atoms with van der Waals surface area (Å²) < 4.78 is 11.1. The Hall–Kier alpha value is -3.12. The Labute approximate surface area is 164 Å². The number of fused-ring (bicyclic) bond motifs is 1. The molecule has 0 unspecified atom stereocenters. The number of para-hydroxylation sites is 2. The normalized spacial score (nSPS) is 14.4. The van der Waals surface area contributed by atoms with Gasteiger partial charge in [0.1, 0.15) is 0 Å². The number of amides is 2. The van der Waals surface area contributed by atoms with E-state index in [1.54, 1.807) is 42.5 Å². The quantitative estimate of drug-likeness (QED) is 0.568. The van der Waals surface area contributed by atoms with Crippen LogP contribution >= 0.6 is 0 Å². The van der Waals surface area contributed by atoms with Gasteiger partial charge in [0, 0.05) is 18.7 Å². The maximum Gasteiger partial charge on any atom is 0.291 e. The third-order valence-electron chi connectivity index (χ3n) is 4.11. The zero-order valence-corrected chi connectivity index (χ0v) is 16.0. The van der Waals surface area contributed by atoms with Crippen molar-refractivity contribution in [3.8, 4) is 5.75 Å². The highest BCUT2D eigenvalue weighted by Gasteiger charge is 2.21. The fourth-order valence-corrected chi connectivity index (χ4v) is 2.68. The molecular formula is C22H24N2O4. The Morgan fingerprint density at radius 2 is 1.93 bits per heavy atom. The van der Waals surface area contributed by atoms with E-state index in [2.05, 4.69) is 10.6 Å². The van der Waals surface area contributed by atoms with Crippen molar-refractivity contribution in [2.24, 2.45) is 0 Å². The highest BCUT2D eigenvalue weighted by molar-refractivity contribution is 6.08. The molecule has 28 heavy (non-hydrogen) atoms. The second kappa shape index (κ2) is 9.19. The first-order valence-corrected chi connectivity index (χ1v) is 9.33. The van der Waals surface area contributed by atoms with Gasteiger partial charge in [0.15, 0.2) is 11.5 Å². The van der Waals surface area contributed by atoms with Gasteiger partial charge in [-0.25, -0.2) is 0 Å². The van der Waals surface area contributed by atoms with Crippen molar-refractivity contribution in [1.82, 2.24) is 5.32 Å². The summed E-state index contributed by atoms with van der Waals surface area (Å²) >= 11 is 0. The van der Waals surface area contributed by atoms with Crippen molar-refractivity contribution in [1.29, 1.82) is 0 Å². The van der Waals surface area contributed by atoms with Crippen LogP contribution in [0.3, 0.4) is 0 Å². The zero-order chi connectivity index (χ0) is 19.9. The molecule has 1 aliphatic rings. The van der Waals surface area contributed by atoms with Crippen LogP contribution in [0.2, 0.25) is 0 Å². The Bertz CT molecular complexity index is 872. The number of hydrogen-bond acceptors (Lipinski definition) is 4. The van der Waals surface area contributed by atoms with Crippen LogP contribution in [0.1, 0.15) is 36.2 Å². The van der Waals surface area contributed by atoms with Crippen LogP contribution in [0, 0.1) is 0 Å². The Kier molecular flexibility index (Phi) is 6.45. The minimum absolute atomic E-state index is 0.135. The Morgan fingerprint density at radius 1 is 1.18 bits per heavy atom. The maximum atomic E-state index is 12.2. The van der Waals surface area contributed by atoms with Crippen LogP contribution in [-0.4, -0.2) is 31.1 Å². The molecule has 1 aliphatic heterocycles. The van der Waals surface area contributed by atoms with Gasteiger partial charge >= 0.3 is 0 Å². The molecule has 2 aromatic rings. The molecule has 1 heterocycles. The minimum Gasteiger partial charge on any atom is -0.449 e. The predicted molar refractivity (Wildman–Crippen MR) is 108 cm³/mol. The summed E-state index contributed by atoms with van der Waals surface area (Å²) in [4.78, 5) is 24.3. The van der Waals surface area contributed by atoms with E-state index in [1.807, 2.05) is 26.0 Å². The third-order valence-corrected chi connectivity index (χ3v) is 4.11. The molecule has 2 amide bonds. The zero-order valence-electron chi connectivity index (χ0n) is 16.0. The Balaban J connectivity index is 1.58. The van der Waals surface area contributed by atoms with Crippen LogP contribution in [0.15, 0.2) is 54.3 Å². The average Bonchev–Trinajstić information content (AvgIpc) is 2.68. The van der Waals surface area contributed by atoms with Crippen LogP contribution < -0.4 is 15.4 Å². The lowest BCUT2D eigenvalue weighted by Gasteiger charge is -2.19. The molecule has 3 rings (SSSR count). The summed E-state index contributed by atoms with van der Waals surface area (Å²) in [6.45, 7) is 5.15. The molecule has 0 fully saturated rings. The van der Waals surface area contributed by atoms with Gasteiger partial charge in [-0.1, -0.05) is 24.3 Å². The van der Waals surface area contributed by atoms with E-state index in [0.29, 0.717) is 30.2 Å². The van der Waals surface area contributed by atoms with Gasteiger partial charge in [0.05, 0.1) is 11.8 Å². The standard InChI is InChI=1S/C22H24N2O4/c1-15(2)27-13-5-12-23-21(25)17-10-8-16(9-11-17)14-20-22(26)24-18-6-3-4-7-19(18)28-20/h3-4,6-11,14-15H,5,12-13H2,1-2H3,(H,23,25)(H,24,26). The van der Waals surface area contributed by atoms with Gasteiger partial charge in [-0.15, -0.1) is 0 Å². The van der Waals surface area contributed by atoms with E-state index in [1.165, 1.54) is 0 Å². The summed E-state index contributed by atoms with van der Waals surface area (Å²) in [5.41, 5.74) is 1.98. The number of carbonyl (C=O) groups excluding carboxylic acids is 2. The van der Waals surface area contributed by atoms with E-state index < -0.39 is 0 Å². The van der Waals surface area contributed by atoms with Crippen molar-refractivity contribution < 1.29 is 19.1 Å². The SMILES string of the molecule is CC(C)OCCCNC(=O)c1ccc(C=C2Oc3ccccc3NC2=O)cc1. The molecule has 2 N–H and O–H groups in total. The largest absolute Gasteiger partial charge is 0.449 e. The van der Waals surface area contributed by atoms with E-state index in [9.17, 15) is 9.59 Å². The number of carbonyl (C=O) groups is 2. The van der Waals surface area contributed by atoms with Crippen molar-refractivity contribution in [3.63, 3.8) is 0 Å². The third kappa shape index (κ3) is 5.20. The summed E-state index contributed by atoms with van der Waals surface area (Å²) in [5, 5.41) is 5.66. The molecule has 0 saturated heterocycles. The molecule has 0 bridgehead atoms. The van der Waals surface area contributed by atoms with Gasteiger partial charge in [-0.3, -0.25) is 9.59 Å². The molecule has 0 aromatic heterocycles. The molecule has 0 saturated carbocycles. The minimum atomic E-state index is -0.302. The first-order chi connectivity index (χ1) is 13.5. The second-order valence-corrected chi connectivity index (χ2v) is 6.71. The van der Waals surface area contributed by atoms with E-state index in [0.717, 1.165) is 12.0 Å². The summed E-state index contributed by atoms with van der Waals surface area (Å²) in [6.07, 6.45) is 2.61. The van der Waals surface area contributed by atoms with Crippen LogP contribution in [0.25, 0.3) is 6.08 Å². The topological polar surface area (TPSA) is 76.7 Å². The maximum absolute atomic E-state index is 12.2. The lowest BCUT2D eigenvalue weighted by Crippen LogP contribution is -2.25. The second-order valence-electron chi connectivity index (χ2n) is 6.71. The highest BCUT2D eigenvalue weighted by atomic mass is 16.5. The number of anilines is 1. The molecule has 2 aromatic carbocycles. The molecule has 6 nitrogen and oxygen atoms in total. The molecule has 0 aliphatic carbocycles. The van der Waals surface area contributed by atoms with E-state index in [-0.39, 0.29) is 23.7 Å². The van der Waals surface area contributed by atoms with Gasteiger partial charge in [-0.2, -0.15) is 0 Å². The summed E-state index contributed by atoms with van der Waals surface area (Å²) in [6, 6.07) is 14.3. The van der Waals surface area contributed by atoms with E-state index >= 15 is 0 Å². The van der Waals surface area contributed by atoms with Crippen LogP contribution in [-0.2, 0) is 9.53 Å². The molecule has 0 atom stereocenters. The molecule has 0 spiro atoms. The summed E-state index contributed by atoms with van der Waals surface area (Å²) in [5.74, 6) is 0.375. The highest BCUT2D eigenvalue weighted by Crippen LogP contribution is 2.30. The van der Waals surface area contributed by atoms with Crippen molar-refractivity contribution in [3.05, 3.63) is 65.4 Å². The van der Waals surface area contributed by atoms with Gasteiger partial charge in [0.2, 0.25) is 0 Å². The van der Waals surface area contributed by atoms with Crippen molar-refractivity contribution in [2.75, 3.05) is 18.5 Å². The van der Waals surface area contributed by atoms with Crippen LogP contribution in [0.4, 0.5) is 5.69 Å². The molecule has 6 heteroatoms. The first kappa shape index (κ1) is 19.6. The molecule has 146 valence electrons. The number of rotatable bonds is 7. The fraction of sp³-hybridized carbons (Fsp3) is 0.273. The monoisotopic (exact) mass is 380 g/mol. The molecule has 0 radical (unpaired) electrons. The van der Waals surface area contributed by atoms with E-state index in [4.69, 9.17) is 9.47 Å². The lowest BCUT2D eigenvalue weighted by molar-refractivity contribution is -0.115. The van der Waals surface area contributed by atoms with Gasteiger partial charge in [0.25, 0.3) is 11.8 Å². The number of benzene rings is 2. The average molecular weight is 380 g/mol. The lowest BCUT2D eigenvalue weighted by atomic mass is 10.1. The first-order valence-electron chi connectivity index (χ1n) is 9.33. The fourth-order valence-electron chi connectivity index (χ4n) is 2.68. The van der Waals surface area contributed by atoms with Crippen LogP contribution in [0.5, 0.6) is 5.75 Å². The number of hydrogen-bond donors (Lipinski definition) is 2. The number of nitrogens with one attached hydrogen (secondary N) is 2. The Morgan fingerprint density at radius 3 is 2.68 bits per heavy atom. The molecular weight excluding hydrogens is 356 g/mol. The smallest absolute Gasteiger partial charge is 0.291 e. The van der Waals surface area contributed by atoms with Gasteiger partial charge in [-0.05, 0) is 56.2 Å². The van der Waals surface area contributed by atoms with Gasteiger partial charge < -0.3 is 20.1 Å². The van der Waals surface area contributed by atoms with Crippen molar-refractivity contribution >= 4 is 23.6 Å². The number of ether oxygens (including phenoxy) is 2. The summed E-state index contributed by atoms with van der Waals surface area (Å²) in [7, 11) is 0. The van der Waals surface area contributed by atoms with Crippen molar-refractivity contribution in [2.45, 2.75) is 26.4 Å². The predicted octanol–water partition coefficient (Wildman–Crippen LogP) is 3.60.